The molecule has 0 bridgehead atoms. The van der Waals surface area contributed by atoms with Gasteiger partial charge in [-0.25, -0.2) is 0 Å². The maximum atomic E-state index is 6.02. The fraction of sp³-hybridized carbons (Fsp3) is 0.250. The van der Waals surface area contributed by atoms with E-state index in [4.69, 9.17) is 11.5 Å². The van der Waals surface area contributed by atoms with E-state index in [9.17, 15) is 0 Å². The first kappa shape index (κ1) is 13.6. The van der Waals surface area contributed by atoms with E-state index in [-0.39, 0.29) is 6.04 Å². The number of nitrogens with two attached hydrogens (primary N) is 2. The van der Waals surface area contributed by atoms with E-state index in [1.54, 1.807) is 0 Å². The Morgan fingerprint density at radius 1 is 0.947 bits per heavy atom. The summed E-state index contributed by atoms with van der Waals surface area (Å²) in [6, 6.07) is 18.6. The molecule has 100 valence electrons. The highest BCUT2D eigenvalue weighted by Crippen LogP contribution is 2.17. The smallest absolute Gasteiger partial charge is 0.0400 e. The van der Waals surface area contributed by atoms with Gasteiger partial charge in [0, 0.05) is 18.3 Å². The summed E-state index contributed by atoms with van der Waals surface area (Å²) in [6.07, 6.45) is 0.816. The second kappa shape index (κ2) is 6.92. The van der Waals surface area contributed by atoms with Gasteiger partial charge in [-0.3, -0.25) is 0 Å². The zero-order valence-corrected chi connectivity index (χ0v) is 11.0. The molecule has 2 rings (SSSR count). The second-order valence-corrected chi connectivity index (χ2v) is 4.65. The van der Waals surface area contributed by atoms with Gasteiger partial charge in [0.05, 0.1) is 0 Å². The molecule has 5 N–H and O–H groups in total. The van der Waals surface area contributed by atoms with E-state index in [0.717, 1.165) is 24.2 Å². The molecule has 0 saturated heterocycles. The van der Waals surface area contributed by atoms with Crippen molar-refractivity contribution in [3.63, 3.8) is 0 Å². The van der Waals surface area contributed by atoms with Crippen LogP contribution in [0.15, 0.2) is 54.6 Å². The van der Waals surface area contributed by atoms with Crippen LogP contribution in [0.2, 0.25) is 0 Å². The zero-order valence-electron chi connectivity index (χ0n) is 11.0. The molecule has 0 heterocycles. The second-order valence-electron chi connectivity index (χ2n) is 4.65. The molecule has 19 heavy (non-hydrogen) atoms. The topological polar surface area (TPSA) is 64.1 Å². The molecule has 1 atom stereocenters. The van der Waals surface area contributed by atoms with Crippen molar-refractivity contribution >= 4 is 5.69 Å². The Kier molecular flexibility index (Phi) is 4.95. The summed E-state index contributed by atoms with van der Waals surface area (Å²) in [5, 5.41) is 3.39. The molecule has 0 spiro atoms. The van der Waals surface area contributed by atoms with Crippen molar-refractivity contribution in [2.45, 2.75) is 19.0 Å². The van der Waals surface area contributed by atoms with Crippen molar-refractivity contribution in [1.82, 2.24) is 0 Å². The van der Waals surface area contributed by atoms with Gasteiger partial charge in [-0.05, 0) is 36.2 Å². The average Bonchev–Trinajstić information content (AvgIpc) is 2.47. The Hall–Kier alpha value is -1.84. The Balaban J connectivity index is 1.92. The van der Waals surface area contributed by atoms with E-state index in [1.807, 2.05) is 18.2 Å². The van der Waals surface area contributed by atoms with Gasteiger partial charge in [-0.1, -0.05) is 42.5 Å². The van der Waals surface area contributed by atoms with Crippen LogP contribution in [-0.4, -0.2) is 6.54 Å². The quantitative estimate of drug-likeness (QED) is 0.743. The molecule has 0 aliphatic rings. The number of hydrogen-bond acceptors (Lipinski definition) is 3. The minimum atomic E-state index is 0.0353. The maximum Gasteiger partial charge on any atom is 0.0400 e. The van der Waals surface area contributed by atoms with Gasteiger partial charge in [0.2, 0.25) is 0 Å². The number of rotatable bonds is 6. The van der Waals surface area contributed by atoms with Crippen LogP contribution in [0.25, 0.3) is 0 Å². The minimum absolute atomic E-state index is 0.0353. The van der Waals surface area contributed by atoms with Crippen molar-refractivity contribution in [2.24, 2.45) is 11.5 Å². The largest absolute Gasteiger partial charge is 0.381 e. The average molecular weight is 255 g/mol. The maximum absolute atomic E-state index is 6.02. The van der Waals surface area contributed by atoms with Crippen LogP contribution >= 0.6 is 0 Å². The Labute approximate surface area is 114 Å². The predicted molar refractivity (Wildman–Crippen MR) is 80.8 cm³/mol. The van der Waals surface area contributed by atoms with Crippen LogP contribution in [0, 0.1) is 0 Å². The molecular formula is C16H21N3. The first-order valence-corrected chi connectivity index (χ1v) is 6.63. The molecule has 2 aromatic carbocycles. The molecule has 0 unspecified atom stereocenters. The fourth-order valence-corrected chi connectivity index (χ4v) is 1.99. The molecular weight excluding hydrogens is 234 g/mol. The van der Waals surface area contributed by atoms with E-state index < -0.39 is 0 Å². The highest BCUT2D eigenvalue weighted by atomic mass is 14.9. The number of anilines is 1. The van der Waals surface area contributed by atoms with Gasteiger partial charge in [0.15, 0.2) is 0 Å². The van der Waals surface area contributed by atoms with Crippen LogP contribution in [0.4, 0.5) is 5.69 Å². The lowest BCUT2D eigenvalue weighted by molar-refractivity contribution is 0.661. The zero-order chi connectivity index (χ0) is 13.5. The predicted octanol–water partition coefficient (Wildman–Crippen LogP) is 2.65. The van der Waals surface area contributed by atoms with Crippen molar-refractivity contribution in [3.05, 3.63) is 65.7 Å². The third kappa shape index (κ3) is 4.09. The lowest BCUT2D eigenvalue weighted by atomic mass is 10.0. The van der Waals surface area contributed by atoms with Crippen LogP contribution in [-0.2, 0) is 6.54 Å². The standard InChI is InChI=1S/C16H21N3/c17-11-10-16(18)14-6-8-15(9-7-14)19-12-13-4-2-1-3-5-13/h1-9,16,19H,10-12,17-18H2/t16-/m0/s1. The van der Waals surface area contributed by atoms with Gasteiger partial charge in [0.1, 0.15) is 0 Å². The summed E-state index contributed by atoms with van der Waals surface area (Å²) in [6.45, 7) is 1.45. The Bertz CT molecular complexity index is 479. The van der Waals surface area contributed by atoms with Gasteiger partial charge in [-0.2, -0.15) is 0 Å². The third-order valence-corrected chi connectivity index (χ3v) is 3.16. The lowest BCUT2D eigenvalue weighted by Crippen LogP contribution is -2.15. The van der Waals surface area contributed by atoms with Crippen molar-refractivity contribution in [1.29, 1.82) is 0 Å². The summed E-state index contributed by atoms with van der Waals surface area (Å²) >= 11 is 0. The summed E-state index contributed by atoms with van der Waals surface area (Å²) in [4.78, 5) is 0. The van der Waals surface area contributed by atoms with Crippen LogP contribution in [0.3, 0.4) is 0 Å². The Morgan fingerprint density at radius 3 is 2.26 bits per heavy atom. The number of hydrogen-bond donors (Lipinski definition) is 3. The van der Waals surface area contributed by atoms with Crippen molar-refractivity contribution in [2.75, 3.05) is 11.9 Å². The highest BCUT2D eigenvalue weighted by molar-refractivity contribution is 5.45. The van der Waals surface area contributed by atoms with Crippen LogP contribution in [0.5, 0.6) is 0 Å². The molecule has 0 amide bonds. The van der Waals surface area contributed by atoms with E-state index >= 15 is 0 Å². The summed E-state index contributed by atoms with van der Waals surface area (Å²) < 4.78 is 0. The normalized spacial score (nSPS) is 12.1. The van der Waals surface area contributed by atoms with E-state index in [2.05, 4.69) is 41.7 Å². The fourth-order valence-electron chi connectivity index (χ4n) is 1.99. The molecule has 0 aliphatic heterocycles. The third-order valence-electron chi connectivity index (χ3n) is 3.16. The van der Waals surface area contributed by atoms with Gasteiger partial charge in [0.25, 0.3) is 0 Å². The molecule has 0 saturated carbocycles. The minimum Gasteiger partial charge on any atom is -0.381 e. The summed E-state index contributed by atoms with van der Waals surface area (Å²) in [5.41, 5.74) is 15.0. The number of nitrogens with one attached hydrogen (secondary N) is 1. The molecule has 3 nitrogen and oxygen atoms in total. The molecule has 0 aromatic heterocycles. The molecule has 0 radical (unpaired) electrons. The molecule has 3 heteroatoms. The highest BCUT2D eigenvalue weighted by Gasteiger charge is 2.04. The van der Waals surface area contributed by atoms with E-state index in [0.29, 0.717) is 6.54 Å². The van der Waals surface area contributed by atoms with Gasteiger partial charge >= 0.3 is 0 Å². The number of benzene rings is 2. The molecule has 0 fully saturated rings. The van der Waals surface area contributed by atoms with Crippen LogP contribution in [0.1, 0.15) is 23.6 Å². The van der Waals surface area contributed by atoms with Crippen LogP contribution < -0.4 is 16.8 Å². The summed E-state index contributed by atoms with van der Waals surface area (Å²) in [7, 11) is 0. The Morgan fingerprint density at radius 2 is 1.63 bits per heavy atom. The van der Waals surface area contributed by atoms with E-state index in [1.165, 1.54) is 5.56 Å². The summed E-state index contributed by atoms with van der Waals surface area (Å²) in [5.74, 6) is 0. The SMILES string of the molecule is NCC[C@H](N)c1ccc(NCc2ccccc2)cc1. The monoisotopic (exact) mass is 255 g/mol. The van der Waals surface area contributed by atoms with Gasteiger partial charge < -0.3 is 16.8 Å². The van der Waals surface area contributed by atoms with Crippen molar-refractivity contribution < 1.29 is 0 Å². The first-order valence-electron chi connectivity index (χ1n) is 6.63. The van der Waals surface area contributed by atoms with Crippen molar-refractivity contribution in [3.8, 4) is 0 Å². The lowest BCUT2D eigenvalue weighted by Gasteiger charge is -2.12. The first-order chi connectivity index (χ1) is 9.29. The van der Waals surface area contributed by atoms with Gasteiger partial charge in [-0.15, -0.1) is 0 Å². The molecule has 2 aromatic rings. The molecule has 0 aliphatic carbocycles.